The Morgan fingerprint density at radius 1 is 1.18 bits per heavy atom. The van der Waals surface area contributed by atoms with Crippen LogP contribution in [-0.4, -0.2) is 69.2 Å². The van der Waals surface area contributed by atoms with Crippen molar-refractivity contribution in [2.45, 2.75) is 25.4 Å². The number of methoxy groups -OCH3 is 2. The average Bonchev–Trinajstić information content (AvgIpc) is 3.31. The maximum atomic E-state index is 13.9. The highest BCUT2D eigenvalue weighted by molar-refractivity contribution is 6.44. The van der Waals surface area contributed by atoms with Gasteiger partial charge in [0, 0.05) is 63.8 Å². The van der Waals surface area contributed by atoms with Crippen molar-refractivity contribution in [2.75, 3.05) is 38.1 Å². The minimum absolute atomic E-state index is 0.0557. The normalized spacial score (nSPS) is 16.2. The zero-order valence-corrected chi connectivity index (χ0v) is 22.1. The van der Waals surface area contributed by atoms with Crippen molar-refractivity contribution in [1.82, 2.24) is 24.6 Å². The van der Waals surface area contributed by atoms with Crippen molar-refractivity contribution in [3.05, 3.63) is 71.2 Å². The Labute approximate surface area is 224 Å². The smallest absolute Gasteiger partial charge is 0.273 e. The highest BCUT2D eigenvalue weighted by atomic mass is 19.2. The van der Waals surface area contributed by atoms with Gasteiger partial charge in [-0.25, -0.2) is 13.8 Å². The van der Waals surface area contributed by atoms with Crippen LogP contribution in [0.4, 0.5) is 26.4 Å². The molecule has 11 nitrogen and oxygen atoms in total. The first-order chi connectivity index (χ1) is 18.7. The molecule has 1 amide bonds. The summed E-state index contributed by atoms with van der Waals surface area (Å²) in [6.07, 6.45) is 5.07. The summed E-state index contributed by atoms with van der Waals surface area (Å²) in [5.41, 5.74) is 0.289. The minimum Gasteiger partial charge on any atom is -0.382 e. The van der Waals surface area contributed by atoms with Crippen LogP contribution in [0.1, 0.15) is 17.5 Å². The topological polar surface area (TPSA) is 130 Å². The number of rotatable bonds is 10. The van der Waals surface area contributed by atoms with E-state index < -0.39 is 23.1 Å². The molecule has 0 saturated carbocycles. The van der Waals surface area contributed by atoms with Gasteiger partial charge in [-0.3, -0.25) is 14.9 Å². The number of nitrogens with one attached hydrogen (secondary N) is 3. The number of likely N-dealkylation sites (tertiary alicyclic amines) is 1. The number of piperidine rings is 1. The molecule has 0 unspecified atom stereocenters. The first-order valence-electron chi connectivity index (χ1n) is 12.0. The molecular formula is C26H30F2N8O3. The molecule has 1 fully saturated rings. The Bertz CT molecular complexity index is 1400. The van der Waals surface area contributed by atoms with Gasteiger partial charge in [-0.1, -0.05) is 6.07 Å². The number of carbonyl (C=O) groups excluding carboxylic acids is 1. The second-order valence-electron chi connectivity index (χ2n) is 9.29. The van der Waals surface area contributed by atoms with E-state index in [-0.39, 0.29) is 31.9 Å². The standard InChI is InChI=1S/C26H30F2N8O3/c1-16-11-31-25(33-21-7-8-32-35(21)2)34-23(16)30-12-18-10-26(14-38-3,15-39-4)36(24(37)22(18)29)13-17-5-6-19(27)20(28)9-17/h5-9,11-12,29H,10,13-15H2,1-4H3,(H2,30,31,33,34)/b18-12-,29-22?. The average molecular weight is 541 g/mol. The van der Waals surface area contributed by atoms with Crippen LogP contribution in [0.15, 0.2) is 48.4 Å². The van der Waals surface area contributed by atoms with Crippen molar-refractivity contribution < 1.29 is 23.0 Å². The lowest BCUT2D eigenvalue weighted by atomic mass is 9.83. The number of aromatic nitrogens is 4. The molecule has 1 aliphatic rings. The molecule has 3 heterocycles. The first-order valence-corrected chi connectivity index (χ1v) is 12.0. The van der Waals surface area contributed by atoms with E-state index in [0.29, 0.717) is 28.7 Å². The van der Waals surface area contributed by atoms with Crippen LogP contribution in [0.2, 0.25) is 0 Å². The molecule has 13 heteroatoms. The monoisotopic (exact) mass is 540 g/mol. The van der Waals surface area contributed by atoms with Crippen molar-refractivity contribution in [2.24, 2.45) is 7.05 Å². The fourth-order valence-corrected chi connectivity index (χ4v) is 4.46. The van der Waals surface area contributed by atoms with Crippen LogP contribution >= 0.6 is 0 Å². The third kappa shape index (κ3) is 5.94. The molecule has 39 heavy (non-hydrogen) atoms. The Morgan fingerprint density at radius 3 is 2.56 bits per heavy atom. The van der Waals surface area contributed by atoms with Gasteiger partial charge in [-0.15, -0.1) is 0 Å². The fraction of sp³-hybridized carbons (Fsp3) is 0.346. The number of ether oxygens (including phenoxy) is 2. The Morgan fingerprint density at radius 2 is 1.92 bits per heavy atom. The quantitative estimate of drug-likeness (QED) is 0.357. The molecule has 2 aromatic heterocycles. The highest BCUT2D eigenvalue weighted by Gasteiger charge is 2.47. The molecule has 0 spiro atoms. The zero-order valence-electron chi connectivity index (χ0n) is 22.1. The Balaban J connectivity index is 1.62. The Hall–Kier alpha value is -4.23. The van der Waals surface area contributed by atoms with Crippen LogP contribution in [0, 0.1) is 24.0 Å². The molecular weight excluding hydrogens is 510 g/mol. The number of amides is 1. The summed E-state index contributed by atoms with van der Waals surface area (Å²) in [6, 6.07) is 5.24. The molecule has 0 bridgehead atoms. The van der Waals surface area contributed by atoms with E-state index in [1.165, 1.54) is 25.2 Å². The van der Waals surface area contributed by atoms with Gasteiger partial charge < -0.3 is 25.0 Å². The van der Waals surface area contributed by atoms with E-state index in [9.17, 15) is 13.6 Å². The largest absolute Gasteiger partial charge is 0.382 e. The molecule has 1 saturated heterocycles. The van der Waals surface area contributed by atoms with E-state index >= 15 is 0 Å². The van der Waals surface area contributed by atoms with Gasteiger partial charge in [0.25, 0.3) is 5.91 Å². The SMILES string of the molecule is COCC1(COC)C/C(=C/Nc2nc(Nc3ccnn3C)ncc2C)C(=N)C(=O)N1Cc1ccc(F)c(F)c1. The second-order valence-corrected chi connectivity index (χ2v) is 9.29. The molecule has 1 aromatic carbocycles. The van der Waals surface area contributed by atoms with Crippen LogP contribution in [0.5, 0.6) is 0 Å². The summed E-state index contributed by atoms with van der Waals surface area (Å²) in [6.45, 7) is 1.95. The maximum absolute atomic E-state index is 13.9. The molecule has 4 rings (SSSR count). The van der Waals surface area contributed by atoms with Crippen molar-refractivity contribution in [1.29, 1.82) is 5.41 Å². The van der Waals surface area contributed by atoms with Gasteiger partial charge >= 0.3 is 0 Å². The van der Waals surface area contributed by atoms with E-state index in [0.717, 1.165) is 17.7 Å². The van der Waals surface area contributed by atoms with E-state index in [1.54, 1.807) is 36.4 Å². The number of anilines is 3. The van der Waals surface area contributed by atoms with E-state index in [4.69, 9.17) is 14.9 Å². The summed E-state index contributed by atoms with van der Waals surface area (Å²) in [5, 5.41) is 18.9. The lowest BCUT2D eigenvalue weighted by Crippen LogP contribution is -2.62. The fourth-order valence-electron chi connectivity index (χ4n) is 4.46. The summed E-state index contributed by atoms with van der Waals surface area (Å²) in [7, 11) is 4.79. The van der Waals surface area contributed by atoms with Gasteiger partial charge in [-0.05, 0) is 24.6 Å². The van der Waals surface area contributed by atoms with Gasteiger partial charge in [0.05, 0.1) is 24.9 Å². The van der Waals surface area contributed by atoms with Crippen LogP contribution in [-0.2, 0) is 27.9 Å². The van der Waals surface area contributed by atoms with Crippen LogP contribution in [0.25, 0.3) is 0 Å². The molecule has 3 aromatic rings. The summed E-state index contributed by atoms with van der Waals surface area (Å²) in [5.74, 6) is -1.06. The van der Waals surface area contributed by atoms with Crippen molar-refractivity contribution in [3.8, 4) is 0 Å². The summed E-state index contributed by atoms with van der Waals surface area (Å²) >= 11 is 0. The molecule has 0 radical (unpaired) electrons. The van der Waals surface area contributed by atoms with E-state index in [1.807, 2.05) is 6.92 Å². The molecule has 0 aliphatic carbocycles. The molecule has 206 valence electrons. The number of aryl methyl sites for hydroxylation is 2. The van der Waals surface area contributed by atoms with E-state index in [2.05, 4.69) is 25.7 Å². The molecule has 1 aliphatic heterocycles. The Kier molecular flexibility index (Phi) is 8.31. The van der Waals surface area contributed by atoms with Crippen molar-refractivity contribution >= 4 is 29.2 Å². The minimum atomic E-state index is -1.02. The number of hydrogen-bond donors (Lipinski definition) is 3. The van der Waals surface area contributed by atoms with Crippen molar-refractivity contribution in [3.63, 3.8) is 0 Å². The third-order valence-electron chi connectivity index (χ3n) is 6.44. The number of halogens is 2. The molecule has 3 N–H and O–H groups in total. The van der Waals surface area contributed by atoms with Gasteiger partial charge in [0.1, 0.15) is 17.3 Å². The van der Waals surface area contributed by atoms with Gasteiger partial charge in [-0.2, -0.15) is 10.1 Å². The summed E-state index contributed by atoms with van der Waals surface area (Å²) < 4.78 is 40.0. The van der Waals surface area contributed by atoms with Gasteiger partial charge in [0.2, 0.25) is 5.95 Å². The lowest BCUT2D eigenvalue weighted by molar-refractivity contribution is -0.139. The predicted molar refractivity (Wildman–Crippen MR) is 141 cm³/mol. The zero-order chi connectivity index (χ0) is 28.2. The van der Waals surface area contributed by atoms with Crippen LogP contribution in [0.3, 0.4) is 0 Å². The summed E-state index contributed by atoms with van der Waals surface area (Å²) in [4.78, 5) is 23.7. The third-order valence-corrected chi connectivity index (χ3v) is 6.44. The lowest BCUT2D eigenvalue weighted by Gasteiger charge is -2.47. The number of benzene rings is 1. The number of nitrogens with zero attached hydrogens (tertiary/aromatic N) is 5. The van der Waals surface area contributed by atoms with Crippen LogP contribution < -0.4 is 10.6 Å². The number of hydrogen-bond acceptors (Lipinski definition) is 9. The number of carbonyl (C=O) groups is 1. The highest BCUT2D eigenvalue weighted by Crippen LogP contribution is 2.34. The predicted octanol–water partition coefficient (Wildman–Crippen LogP) is 3.32. The second kappa shape index (κ2) is 11.7. The first kappa shape index (κ1) is 27.8. The van der Waals surface area contributed by atoms with Gasteiger partial charge in [0.15, 0.2) is 11.6 Å². The maximum Gasteiger partial charge on any atom is 0.273 e. The molecule has 0 atom stereocenters.